The predicted octanol–water partition coefficient (Wildman–Crippen LogP) is 5.88. The van der Waals surface area contributed by atoms with Crippen molar-refractivity contribution in [3.8, 4) is 16.9 Å². The van der Waals surface area contributed by atoms with Crippen molar-refractivity contribution in [1.29, 1.82) is 0 Å². The van der Waals surface area contributed by atoms with Gasteiger partial charge in [-0.05, 0) is 67.9 Å². The number of hydrogen-bond acceptors (Lipinski definition) is 5. The van der Waals surface area contributed by atoms with Gasteiger partial charge in [-0.15, -0.1) is 0 Å². The van der Waals surface area contributed by atoms with Crippen LogP contribution in [-0.2, 0) is 4.74 Å². The van der Waals surface area contributed by atoms with Crippen molar-refractivity contribution in [2.45, 2.75) is 13.8 Å². The Bertz CT molecular complexity index is 1400. The molecule has 6 nitrogen and oxygen atoms in total. The lowest BCUT2D eigenvalue weighted by Gasteiger charge is -2.09. The van der Waals surface area contributed by atoms with Gasteiger partial charge < -0.3 is 13.9 Å². The molecule has 0 fully saturated rings. The second-order valence-corrected chi connectivity index (χ2v) is 8.05. The first kappa shape index (κ1) is 23.3. The Morgan fingerprint density at radius 2 is 1.62 bits per heavy atom. The van der Waals surface area contributed by atoms with Crippen molar-refractivity contribution in [3.63, 3.8) is 0 Å². The third-order valence-electron chi connectivity index (χ3n) is 5.53. The number of hydrogen-bond donors (Lipinski definition) is 0. The molecule has 0 radical (unpaired) electrons. The minimum atomic E-state index is -0.575. The number of esters is 1. The van der Waals surface area contributed by atoms with Crippen LogP contribution in [0.1, 0.15) is 50.6 Å². The number of nitrogens with zero attached hydrogens (tertiary/aromatic N) is 1. The van der Waals surface area contributed by atoms with Gasteiger partial charge in [-0.2, -0.15) is 0 Å². The van der Waals surface area contributed by atoms with Crippen LogP contribution in [0.4, 0.5) is 0 Å². The highest BCUT2D eigenvalue weighted by molar-refractivity contribution is 6.30. The van der Waals surface area contributed by atoms with Gasteiger partial charge in [-0.25, -0.2) is 4.79 Å². The maximum atomic E-state index is 13.8. The molecule has 4 aromatic rings. The van der Waals surface area contributed by atoms with E-state index in [1.165, 1.54) is 6.92 Å². The Balaban J connectivity index is 2.10. The van der Waals surface area contributed by atoms with Gasteiger partial charge in [0.2, 0.25) is 0 Å². The fourth-order valence-corrected chi connectivity index (χ4v) is 4.01. The summed E-state index contributed by atoms with van der Waals surface area (Å²) in [5.41, 5.74) is 2.80. The van der Waals surface area contributed by atoms with Crippen LogP contribution in [0.5, 0.6) is 5.75 Å². The van der Waals surface area contributed by atoms with E-state index < -0.39 is 5.97 Å². The fourth-order valence-electron chi connectivity index (χ4n) is 3.89. The zero-order valence-electron chi connectivity index (χ0n) is 18.9. The minimum absolute atomic E-state index is 0.155. The fraction of sp³-hybridized carbons (Fsp3) is 0.148. The number of ether oxygens (including phenoxy) is 2. The number of benzene rings is 2. The lowest BCUT2D eigenvalue weighted by molar-refractivity contribution is 0.0519. The number of methoxy groups -OCH3 is 1. The molecule has 0 N–H and O–H groups in total. The lowest BCUT2D eigenvalue weighted by atomic mass is 9.94. The molecule has 0 amide bonds. The Morgan fingerprint density at radius 1 is 0.941 bits per heavy atom. The number of halogens is 1. The third kappa shape index (κ3) is 4.20. The van der Waals surface area contributed by atoms with Gasteiger partial charge in [0.05, 0.1) is 24.8 Å². The van der Waals surface area contributed by atoms with Crippen LogP contribution in [0.15, 0.2) is 66.9 Å². The van der Waals surface area contributed by atoms with Crippen molar-refractivity contribution in [1.82, 2.24) is 4.40 Å². The third-order valence-corrected chi connectivity index (χ3v) is 5.78. The van der Waals surface area contributed by atoms with Gasteiger partial charge in [-0.1, -0.05) is 23.7 Å². The summed E-state index contributed by atoms with van der Waals surface area (Å²) >= 11 is 6.02. The Morgan fingerprint density at radius 3 is 2.21 bits per heavy atom. The Labute approximate surface area is 201 Å². The number of carbonyl (C=O) groups excluding carboxylic acids is 3. The number of fused-ring (bicyclic) bond motifs is 1. The van der Waals surface area contributed by atoms with Gasteiger partial charge in [0, 0.05) is 27.9 Å². The molecule has 0 saturated carbocycles. The molecule has 172 valence electrons. The summed E-state index contributed by atoms with van der Waals surface area (Å²) in [6.45, 7) is 3.33. The second-order valence-electron chi connectivity index (χ2n) is 7.61. The number of Topliss-reactive ketones (excluding diaryl/α,β-unsaturated/α-hetero) is 1. The molecule has 2 heterocycles. The van der Waals surface area contributed by atoms with Crippen molar-refractivity contribution in [2.75, 3.05) is 13.7 Å². The molecule has 0 spiro atoms. The van der Waals surface area contributed by atoms with Crippen LogP contribution in [-0.4, -0.2) is 35.7 Å². The summed E-state index contributed by atoms with van der Waals surface area (Å²) in [5, 5.41) is 0.500. The molecule has 4 rings (SSSR count). The Hall–Kier alpha value is -3.90. The number of rotatable bonds is 7. The summed E-state index contributed by atoms with van der Waals surface area (Å²) in [7, 11) is 1.56. The quantitative estimate of drug-likeness (QED) is 0.246. The van der Waals surface area contributed by atoms with E-state index in [2.05, 4.69) is 0 Å². The largest absolute Gasteiger partial charge is 0.497 e. The lowest BCUT2D eigenvalue weighted by Crippen LogP contribution is -2.10. The van der Waals surface area contributed by atoms with E-state index in [0.717, 1.165) is 0 Å². The molecule has 0 aliphatic rings. The van der Waals surface area contributed by atoms with Crippen LogP contribution in [0.3, 0.4) is 0 Å². The standard InChI is InChI=1S/C27H22ClNO5/c1-4-34-27(32)25-23(17-7-11-21(33-3)12-8-17)24(26(31)18-5-9-20(28)10-6-18)22-15-19(16(2)30)13-14-29(22)25/h5-15H,4H2,1-3H3. The highest BCUT2D eigenvalue weighted by atomic mass is 35.5. The summed E-state index contributed by atoms with van der Waals surface area (Å²) < 4.78 is 12.2. The van der Waals surface area contributed by atoms with Gasteiger partial charge in [0.1, 0.15) is 11.4 Å². The molecule has 0 atom stereocenters. The molecule has 0 bridgehead atoms. The van der Waals surface area contributed by atoms with Crippen LogP contribution in [0.25, 0.3) is 16.6 Å². The molecule has 7 heteroatoms. The second kappa shape index (κ2) is 9.53. The van der Waals surface area contributed by atoms with Crippen LogP contribution in [0.2, 0.25) is 5.02 Å². The maximum absolute atomic E-state index is 13.8. The van der Waals surface area contributed by atoms with Crippen LogP contribution in [0, 0.1) is 0 Å². The molecule has 0 aliphatic carbocycles. The first-order valence-corrected chi connectivity index (χ1v) is 11.0. The highest BCUT2D eigenvalue weighted by Crippen LogP contribution is 2.37. The molecule has 0 saturated heterocycles. The summed E-state index contributed by atoms with van der Waals surface area (Å²) in [5.74, 6) is -0.405. The SMILES string of the molecule is CCOC(=O)c1c(-c2ccc(OC)cc2)c(C(=O)c2ccc(Cl)cc2)c2cc(C(C)=O)ccn12. The van der Waals surface area contributed by atoms with Crippen molar-refractivity contribution in [2.24, 2.45) is 0 Å². The van der Waals surface area contributed by atoms with Gasteiger partial charge in [-0.3, -0.25) is 9.59 Å². The van der Waals surface area contributed by atoms with E-state index >= 15 is 0 Å². The van der Waals surface area contributed by atoms with Crippen molar-refractivity contribution >= 4 is 34.7 Å². The van der Waals surface area contributed by atoms with E-state index in [1.54, 1.807) is 85.3 Å². The topological polar surface area (TPSA) is 74.1 Å². The molecule has 2 aromatic carbocycles. The van der Waals surface area contributed by atoms with E-state index in [-0.39, 0.29) is 23.9 Å². The van der Waals surface area contributed by atoms with E-state index in [9.17, 15) is 14.4 Å². The zero-order chi connectivity index (χ0) is 24.4. The first-order chi connectivity index (χ1) is 16.3. The smallest absolute Gasteiger partial charge is 0.355 e. The maximum Gasteiger partial charge on any atom is 0.355 e. The average molecular weight is 476 g/mol. The molecular weight excluding hydrogens is 454 g/mol. The monoisotopic (exact) mass is 475 g/mol. The number of carbonyl (C=O) groups is 3. The number of pyridine rings is 1. The summed E-state index contributed by atoms with van der Waals surface area (Å²) in [4.78, 5) is 39.1. The zero-order valence-corrected chi connectivity index (χ0v) is 19.7. The van der Waals surface area contributed by atoms with Crippen LogP contribution < -0.4 is 4.74 Å². The van der Waals surface area contributed by atoms with E-state index in [4.69, 9.17) is 21.1 Å². The molecule has 0 aliphatic heterocycles. The van der Waals surface area contributed by atoms with E-state index in [0.29, 0.717) is 44.1 Å². The van der Waals surface area contributed by atoms with Crippen LogP contribution >= 0.6 is 11.6 Å². The van der Waals surface area contributed by atoms with Gasteiger partial charge >= 0.3 is 5.97 Å². The Kier molecular flexibility index (Phi) is 6.52. The van der Waals surface area contributed by atoms with Crippen molar-refractivity contribution in [3.05, 3.63) is 94.3 Å². The number of aromatic nitrogens is 1. The van der Waals surface area contributed by atoms with Crippen molar-refractivity contribution < 1.29 is 23.9 Å². The highest BCUT2D eigenvalue weighted by Gasteiger charge is 2.30. The van der Waals surface area contributed by atoms with Gasteiger partial charge in [0.25, 0.3) is 0 Å². The normalized spacial score (nSPS) is 10.8. The summed E-state index contributed by atoms with van der Waals surface area (Å²) in [6, 6.07) is 16.8. The first-order valence-electron chi connectivity index (χ1n) is 10.7. The predicted molar refractivity (Wildman–Crippen MR) is 130 cm³/mol. The minimum Gasteiger partial charge on any atom is -0.497 e. The van der Waals surface area contributed by atoms with E-state index in [1.807, 2.05) is 0 Å². The number of ketones is 2. The van der Waals surface area contributed by atoms with Gasteiger partial charge in [0.15, 0.2) is 11.6 Å². The average Bonchev–Trinajstić information content (AvgIpc) is 3.18. The molecule has 2 aromatic heterocycles. The molecule has 34 heavy (non-hydrogen) atoms. The summed E-state index contributed by atoms with van der Waals surface area (Å²) in [6.07, 6.45) is 1.62. The molecular formula is C27H22ClNO5. The molecule has 0 unspecified atom stereocenters.